The van der Waals surface area contributed by atoms with Crippen LogP contribution < -0.4 is 4.90 Å². The van der Waals surface area contributed by atoms with Crippen LogP contribution in [0.4, 0.5) is 18.9 Å². The average Bonchev–Trinajstić information content (AvgIpc) is 2.66. The lowest BCUT2D eigenvalue weighted by molar-refractivity contribution is -0.137. The zero-order valence-electron chi connectivity index (χ0n) is 13.4. The molecule has 24 heavy (non-hydrogen) atoms. The summed E-state index contributed by atoms with van der Waals surface area (Å²) in [4.78, 5) is 15.5. The van der Waals surface area contributed by atoms with E-state index in [-0.39, 0.29) is 10.8 Å². The number of nitriles is 1. The van der Waals surface area contributed by atoms with Gasteiger partial charge in [-0.2, -0.15) is 18.4 Å². The maximum Gasteiger partial charge on any atom is 0.417 e. The molecule has 1 amide bonds. The first-order chi connectivity index (χ1) is 11.1. The predicted molar refractivity (Wildman–Crippen MR) is 87.3 cm³/mol. The average molecular weight is 355 g/mol. The first kappa shape index (κ1) is 18.2. The third-order valence-electron chi connectivity index (χ3n) is 3.96. The molecule has 1 aromatic rings. The molecule has 1 fully saturated rings. The highest BCUT2D eigenvalue weighted by Crippen LogP contribution is 2.37. The molecule has 128 valence electrons. The molecule has 0 aliphatic carbocycles. The van der Waals surface area contributed by atoms with Crippen LogP contribution in [0.2, 0.25) is 0 Å². The van der Waals surface area contributed by atoms with Crippen LogP contribution in [0.25, 0.3) is 0 Å². The molecule has 8 heteroatoms. The molecular weight excluding hydrogens is 339 g/mol. The first-order valence-electron chi connectivity index (χ1n) is 7.33. The monoisotopic (exact) mass is 355 g/mol. The maximum absolute atomic E-state index is 13.1. The lowest BCUT2D eigenvalue weighted by Crippen LogP contribution is -2.44. The zero-order valence-corrected chi connectivity index (χ0v) is 14.3. The fraction of sp³-hybridized carbons (Fsp3) is 0.438. The molecule has 2 rings (SSSR count). The summed E-state index contributed by atoms with van der Waals surface area (Å²) < 4.78 is 39.4. The number of hydrogen-bond acceptors (Lipinski definition) is 3. The molecule has 1 aromatic carbocycles. The smallest absolute Gasteiger partial charge is 0.334 e. The van der Waals surface area contributed by atoms with Crippen LogP contribution in [0.15, 0.2) is 18.2 Å². The molecule has 1 aliphatic rings. The Labute approximate surface area is 143 Å². The summed E-state index contributed by atoms with van der Waals surface area (Å²) >= 11 is 5.32. The van der Waals surface area contributed by atoms with Crippen LogP contribution in [0.1, 0.15) is 38.3 Å². The number of halogens is 3. The largest absolute Gasteiger partial charge is 0.417 e. The summed E-state index contributed by atoms with van der Waals surface area (Å²) in [6.07, 6.45) is -3.95. The van der Waals surface area contributed by atoms with Gasteiger partial charge in [-0.1, -0.05) is 6.92 Å². The Hall–Kier alpha value is -2.14. The number of anilines is 1. The number of thiocarbonyl (C=S) groups is 1. The van der Waals surface area contributed by atoms with Gasteiger partial charge in [0.05, 0.1) is 22.9 Å². The van der Waals surface area contributed by atoms with Crippen LogP contribution in [0, 0.1) is 11.3 Å². The van der Waals surface area contributed by atoms with Crippen molar-refractivity contribution in [3.8, 4) is 6.07 Å². The highest BCUT2D eigenvalue weighted by molar-refractivity contribution is 7.80. The second-order valence-corrected chi connectivity index (χ2v) is 6.34. The van der Waals surface area contributed by atoms with Gasteiger partial charge in [0.2, 0.25) is 0 Å². The molecule has 0 saturated carbocycles. The van der Waals surface area contributed by atoms with Crippen LogP contribution in [-0.4, -0.2) is 28.0 Å². The van der Waals surface area contributed by atoms with Crippen LogP contribution in [0.3, 0.4) is 0 Å². The number of hydrogen-bond donors (Lipinski definition) is 0. The number of carbonyl (C=O) groups is 1. The van der Waals surface area contributed by atoms with Crippen molar-refractivity contribution in [2.24, 2.45) is 0 Å². The zero-order chi connectivity index (χ0) is 18.3. The fourth-order valence-corrected chi connectivity index (χ4v) is 3.17. The minimum absolute atomic E-state index is 0.0167. The topological polar surface area (TPSA) is 47.3 Å². The van der Waals surface area contributed by atoms with Gasteiger partial charge in [0.15, 0.2) is 5.11 Å². The number of alkyl halides is 3. The highest BCUT2D eigenvalue weighted by Gasteiger charge is 2.49. The van der Waals surface area contributed by atoms with E-state index in [0.717, 1.165) is 23.5 Å². The Morgan fingerprint density at radius 1 is 1.33 bits per heavy atom. The van der Waals surface area contributed by atoms with E-state index in [1.165, 1.54) is 12.1 Å². The van der Waals surface area contributed by atoms with E-state index in [9.17, 15) is 18.0 Å². The van der Waals surface area contributed by atoms with E-state index in [1.54, 1.807) is 18.7 Å². The molecular formula is C16H16F3N3OS. The van der Waals surface area contributed by atoms with Crippen molar-refractivity contribution in [2.45, 2.75) is 38.9 Å². The van der Waals surface area contributed by atoms with E-state index >= 15 is 0 Å². The van der Waals surface area contributed by atoms with Gasteiger partial charge >= 0.3 is 6.18 Å². The lowest BCUT2D eigenvalue weighted by atomic mass is 10.0. The maximum atomic E-state index is 13.1. The summed E-state index contributed by atoms with van der Waals surface area (Å²) in [6.45, 7) is 5.82. The van der Waals surface area contributed by atoms with Crippen molar-refractivity contribution in [3.63, 3.8) is 0 Å². The van der Waals surface area contributed by atoms with E-state index in [2.05, 4.69) is 0 Å². The normalized spacial score (nSPS) is 17.4. The molecule has 0 atom stereocenters. The van der Waals surface area contributed by atoms with Crippen molar-refractivity contribution in [1.82, 2.24) is 4.90 Å². The van der Waals surface area contributed by atoms with E-state index in [4.69, 9.17) is 17.5 Å². The molecule has 0 bridgehead atoms. The second kappa shape index (κ2) is 6.06. The van der Waals surface area contributed by atoms with E-state index < -0.39 is 28.7 Å². The van der Waals surface area contributed by atoms with Crippen molar-refractivity contribution < 1.29 is 18.0 Å². The third kappa shape index (κ3) is 2.84. The van der Waals surface area contributed by atoms with Gasteiger partial charge in [-0.05, 0) is 50.7 Å². The number of nitrogens with zero attached hydrogens (tertiary/aromatic N) is 3. The second-order valence-electron chi connectivity index (χ2n) is 5.97. The quantitative estimate of drug-likeness (QED) is 0.776. The Morgan fingerprint density at radius 3 is 2.46 bits per heavy atom. The van der Waals surface area contributed by atoms with Gasteiger partial charge in [0.25, 0.3) is 5.91 Å². The fourth-order valence-electron chi connectivity index (χ4n) is 2.67. The third-order valence-corrected chi connectivity index (χ3v) is 4.36. The van der Waals surface area contributed by atoms with E-state index in [0.29, 0.717) is 6.54 Å². The van der Waals surface area contributed by atoms with Gasteiger partial charge in [-0.25, -0.2) is 0 Å². The molecule has 1 aliphatic heterocycles. The molecule has 1 heterocycles. The number of benzene rings is 1. The molecule has 0 aromatic heterocycles. The van der Waals surface area contributed by atoms with Crippen LogP contribution in [-0.2, 0) is 11.0 Å². The molecule has 0 radical (unpaired) electrons. The minimum Gasteiger partial charge on any atom is -0.334 e. The summed E-state index contributed by atoms with van der Waals surface area (Å²) in [5, 5.41) is 9.04. The lowest BCUT2D eigenvalue weighted by Gasteiger charge is -2.28. The van der Waals surface area contributed by atoms with Gasteiger partial charge < -0.3 is 4.90 Å². The molecule has 0 unspecified atom stereocenters. The van der Waals surface area contributed by atoms with E-state index in [1.807, 2.05) is 6.92 Å². The number of rotatable bonds is 3. The van der Waals surface area contributed by atoms with Gasteiger partial charge in [-0.3, -0.25) is 9.69 Å². The number of amides is 1. The standard InChI is InChI=1S/C16H16F3N3OS/c1-4-7-21-14(24)22(13(23)15(21,2)3)11-6-5-10(9-20)12(8-11)16(17,18)19/h5-6,8H,4,7H2,1-3H3. The molecule has 0 N–H and O–H groups in total. The Balaban J connectivity index is 2.55. The van der Waals surface area contributed by atoms with Crippen LogP contribution >= 0.6 is 12.2 Å². The van der Waals surface area contributed by atoms with Gasteiger partial charge in [0.1, 0.15) is 5.54 Å². The van der Waals surface area contributed by atoms with Crippen LogP contribution in [0.5, 0.6) is 0 Å². The summed E-state index contributed by atoms with van der Waals surface area (Å²) in [5.41, 5.74) is -2.49. The number of carbonyl (C=O) groups excluding carboxylic acids is 1. The summed E-state index contributed by atoms with van der Waals surface area (Å²) in [7, 11) is 0. The Kier molecular flexibility index (Phi) is 4.59. The van der Waals surface area contributed by atoms with Gasteiger partial charge in [0, 0.05) is 6.54 Å². The minimum atomic E-state index is -4.69. The van der Waals surface area contributed by atoms with Crippen molar-refractivity contribution >= 4 is 28.9 Å². The molecule has 1 saturated heterocycles. The van der Waals surface area contributed by atoms with Crippen molar-refractivity contribution in [1.29, 1.82) is 5.26 Å². The Morgan fingerprint density at radius 2 is 1.96 bits per heavy atom. The highest BCUT2D eigenvalue weighted by atomic mass is 32.1. The van der Waals surface area contributed by atoms with Gasteiger partial charge in [-0.15, -0.1) is 0 Å². The first-order valence-corrected chi connectivity index (χ1v) is 7.74. The van der Waals surface area contributed by atoms with Crippen molar-refractivity contribution in [2.75, 3.05) is 11.4 Å². The van der Waals surface area contributed by atoms with Crippen molar-refractivity contribution in [3.05, 3.63) is 29.3 Å². The Bertz CT molecular complexity index is 737. The molecule has 0 spiro atoms. The SMILES string of the molecule is CCCN1C(=S)N(c2ccc(C#N)c(C(F)(F)F)c2)C(=O)C1(C)C. The summed E-state index contributed by atoms with van der Waals surface area (Å²) in [5.74, 6) is -0.390. The summed E-state index contributed by atoms with van der Waals surface area (Å²) in [6, 6.07) is 4.69. The molecule has 4 nitrogen and oxygen atoms in total. The predicted octanol–water partition coefficient (Wildman–Crippen LogP) is 3.70.